The van der Waals surface area contributed by atoms with Gasteiger partial charge in [-0.3, -0.25) is 4.79 Å². The number of hydrogen-bond acceptors (Lipinski definition) is 5. The van der Waals surface area contributed by atoms with Crippen LogP contribution < -0.4 is 0 Å². The van der Waals surface area contributed by atoms with Gasteiger partial charge in [0.15, 0.2) is 0 Å². The number of benzene rings is 1. The van der Waals surface area contributed by atoms with E-state index in [-0.39, 0.29) is 35.9 Å². The van der Waals surface area contributed by atoms with Gasteiger partial charge in [0.1, 0.15) is 11.9 Å². The average Bonchev–Trinajstić information content (AvgIpc) is 3.35. The standard InChI is InChI=1S/C16H19FN2O4S/c1-2-23-16(20)7-8-19(11-12-3-4-12)24(21,22)14-5-6-15(17)13(9-14)10-18/h5-6,9,12H,2-4,7-8,11H2,1H3. The van der Waals surface area contributed by atoms with Crippen molar-refractivity contribution in [2.24, 2.45) is 5.92 Å². The normalized spacial score (nSPS) is 14.4. The molecule has 0 saturated heterocycles. The van der Waals surface area contributed by atoms with Crippen molar-refractivity contribution in [2.75, 3.05) is 19.7 Å². The van der Waals surface area contributed by atoms with Gasteiger partial charge in [-0.2, -0.15) is 9.57 Å². The number of carbonyl (C=O) groups is 1. The maximum atomic E-state index is 13.4. The minimum absolute atomic E-state index is 0.00305. The average molecular weight is 354 g/mol. The molecule has 0 atom stereocenters. The van der Waals surface area contributed by atoms with Crippen LogP contribution >= 0.6 is 0 Å². The van der Waals surface area contributed by atoms with Gasteiger partial charge in [-0.25, -0.2) is 12.8 Å². The monoisotopic (exact) mass is 354 g/mol. The summed E-state index contributed by atoms with van der Waals surface area (Å²) >= 11 is 0. The number of ether oxygens (including phenoxy) is 1. The summed E-state index contributed by atoms with van der Waals surface area (Å²) in [5.41, 5.74) is -0.326. The summed E-state index contributed by atoms with van der Waals surface area (Å²) in [6.07, 6.45) is 1.84. The fourth-order valence-electron chi connectivity index (χ4n) is 2.25. The van der Waals surface area contributed by atoms with E-state index in [0.29, 0.717) is 6.54 Å². The first-order chi connectivity index (χ1) is 11.4. The second kappa shape index (κ2) is 7.73. The molecule has 24 heavy (non-hydrogen) atoms. The molecule has 0 spiro atoms. The van der Waals surface area contributed by atoms with Crippen molar-refractivity contribution < 1.29 is 22.3 Å². The van der Waals surface area contributed by atoms with E-state index < -0.39 is 21.8 Å². The van der Waals surface area contributed by atoms with Crippen LogP contribution in [-0.2, 0) is 19.6 Å². The van der Waals surface area contributed by atoms with Gasteiger partial charge in [0.25, 0.3) is 0 Å². The van der Waals surface area contributed by atoms with E-state index in [1.54, 1.807) is 13.0 Å². The number of hydrogen-bond donors (Lipinski definition) is 0. The Morgan fingerprint density at radius 2 is 2.17 bits per heavy atom. The fraction of sp³-hybridized carbons (Fsp3) is 0.500. The Kier molecular flexibility index (Phi) is 5.91. The third kappa shape index (κ3) is 4.52. The lowest BCUT2D eigenvalue weighted by Crippen LogP contribution is -2.35. The molecule has 0 aliphatic heterocycles. The Bertz CT molecular complexity index is 754. The minimum atomic E-state index is -3.91. The molecule has 0 amide bonds. The number of rotatable bonds is 8. The molecular weight excluding hydrogens is 335 g/mol. The van der Waals surface area contributed by atoms with E-state index >= 15 is 0 Å². The summed E-state index contributed by atoms with van der Waals surface area (Å²) in [6, 6.07) is 4.76. The molecule has 1 aromatic carbocycles. The van der Waals surface area contributed by atoms with Crippen molar-refractivity contribution in [1.29, 1.82) is 5.26 Å². The molecule has 0 N–H and O–H groups in total. The van der Waals surface area contributed by atoms with E-state index in [0.717, 1.165) is 31.0 Å². The van der Waals surface area contributed by atoms with Crippen LogP contribution in [0.5, 0.6) is 0 Å². The van der Waals surface area contributed by atoms with Crippen LogP contribution in [0.25, 0.3) is 0 Å². The Morgan fingerprint density at radius 1 is 1.46 bits per heavy atom. The zero-order chi connectivity index (χ0) is 17.7. The van der Waals surface area contributed by atoms with Gasteiger partial charge in [0, 0.05) is 13.1 Å². The van der Waals surface area contributed by atoms with E-state index in [2.05, 4.69) is 0 Å². The highest BCUT2D eigenvalue weighted by atomic mass is 32.2. The number of carbonyl (C=O) groups excluding carboxylic acids is 1. The second-order valence-corrected chi connectivity index (χ2v) is 7.55. The predicted octanol–water partition coefficient (Wildman–Crippen LogP) is 2.05. The van der Waals surface area contributed by atoms with Gasteiger partial charge in [-0.1, -0.05) is 0 Å². The third-order valence-corrected chi connectivity index (χ3v) is 5.59. The highest BCUT2D eigenvalue weighted by Crippen LogP contribution is 2.32. The summed E-state index contributed by atoms with van der Waals surface area (Å²) in [6.45, 7) is 2.22. The highest BCUT2D eigenvalue weighted by molar-refractivity contribution is 7.89. The topological polar surface area (TPSA) is 87.5 Å². The maximum Gasteiger partial charge on any atom is 0.307 e. The summed E-state index contributed by atoms with van der Waals surface area (Å²) < 4.78 is 45.0. The molecule has 0 heterocycles. The van der Waals surface area contributed by atoms with Crippen molar-refractivity contribution in [3.63, 3.8) is 0 Å². The van der Waals surface area contributed by atoms with Crippen LogP contribution in [0.2, 0.25) is 0 Å². The molecule has 0 unspecified atom stereocenters. The third-order valence-electron chi connectivity index (χ3n) is 3.73. The minimum Gasteiger partial charge on any atom is -0.466 e. The quantitative estimate of drug-likeness (QED) is 0.667. The zero-order valence-electron chi connectivity index (χ0n) is 13.4. The summed E-state index contributed by atoms with van der Waals surface area (Å²) in [4.78, 5) is 11.4. The van der Waals surface area contributed by atoms with Crippen LogP contribution in [0, 0.1) is 23.1 Å². The number of halogens is 1. The van der Waals surface area contributed by atoms with E-state index in [1.165, 1.54) is 4.31 Å². The van der Waals surface area contributed by atoms with Gasteiger partial charge in [0.2, 0.25) is 10.0 Å². The SMILES string of the molecule is CCOC(=O)CCN(CC1CC1)S(=O)(=O)c1ccc(F)c(C#N)c1. The van der Waals surface area contributed by atoms with Crippen molar-refractivity contribution in [3.05, 3.63) is 29.6 Å². The molecule has 2 rings (SSSR count). The molecule has 1 saturated carbocycles. The first kappa shape index (κ1) is 18.4. The van der Waals surface area contributed by atoms with Gasteiger partial charge >= 0.3 is 5.97 Å². The number of esters is 1. The Morgan fingerprint density at radius 3 is 2.75 bits per heavy atom. The summed E-state index contributed by atoms with van der Waals surface area (Å²) in [7, 11) is -3.91. The Balaban J connectivity index is 2.22. The van der Waals surface area contributed by atoms with Gasteiger partial charge in [-0.15, -0.1) is 0 Å². The van der Waals surface area contributed by atoms with E-state index in [1.807, 2.05) is 0 Å². The molecule has 0 bridgehead atoms. The van der Waals surface area contributed by atoms with Gasteiger partial charge in [-0.05, 0) is 43.9 Å². The summed E-state index contributed by atoms with van der Waals surface area (Å²) in [5, 5.41) is 8.88. The molecule has 0 aromatic heterocycles. The lowest BCUT2D eigenvalue weighted by Gasteiger charge is -2.22. The first-order valence-electron chi connectivity index (χ1n) is 7.74. The van der Waals surface area contributed by atoms with Crippen LogP contribution in [0.15, 0.2) is 23.1 Å². The molecular formula is C16H19FN2O4S. The molecule has 1 aliphatic rings. The van der Waals surface area contributed by atoms with Gasteiger partial charge < -0.3 is 4.74 Å². The molecule has 0 radical (unpaired) electrons. The molecule has 1 fully saturated rings. The van der Waals surface area contributed by atoms with E-state index in [4.69, 9.17) is 10.00 Å². The lowest BCUT2D eigenvalue weighted by atomic mass is 10.2. The molecule has 1 aliphatic carbocycles. The molecule has 130 valence electrons. The van der Waals surface area contributed by atoms with Crippen LogP contribution in [0.4, 0.5) is 4.39 Å². The number of nitriles is 1. The van der Waals surface area contributed by atoms with Crippen LogP contribution in [0.1, 0.15) is 31.7 Å². The summed E-state index contributed by atoms with van der Waals surface area (Å²) in [5.74, 6) is -0.958. The maximum absolute atomic E-state index is 13.4. The second-order valence-electron chi connectivity index (χ2n) is 5.61. The van der Waals surface area contributed by atoms with Crippen molar-refractivity contribution >= 4 is 16.0 Å². The molecule has 6 nitrogen and oxygen atoms in total. The zero-order valence-corrected chi connectivity index (χ0v) is 14.2. The largest absolute Gasteiger partial charge is 0.466 e. The Labute approximate surface area is 140 Å². The first-order valence-corrected chi connectivity index (χ1v) is 9.18. The van der Waals surface area contributed by atoms with Crippen LogP contribution in [-0.4, -0.2) is 38.4 Å². The van der Waals surface area contributed by atoms with E-state index in [9.17, 15) is 17.6 Å². The predicted molar refractivity (Wildman–Crippen MR) is 83.8 cm³/mol. The number of nitrogens with zero attached hydrogens (tertiary/aromatic N) is 2. The van der Waals surface area contributed by atoms with Crippen molar-refractivity contribution in [2.45, 2.75) is 31.1 Å². The molecule has 1 aromatic rings. The lowest BCUT2D eigenvalue weighted by molar-refractivity contribution is -0.143. The van der Waals surface area contributed by atoms with Crippen LogP contribution in [0.3, 0.4) is 0 Å². The fourth-order valence-corrected chi connectivity index (χ4v) is 3.79. The van der Waals surface area contributed by atoms with Crippen molar-refractivity contribution in [1.82, 2.24) is 4.31 Å². The molecule has 8 heteroatoms. The Hall–Kier alpha value is -1.98. The van der Waals surface area contributed by atoms with Gasteiger partial charge in [0.05, 0.1) is 23.5 Å². The highest BCUT2D eigenvalue weighted by Gasteiger charge is 2.32. The smallest absolute Gasteiger partial charge is 0.307 e. The van der Waals surface area contributed by atoms with Crippen molar-refractivity contribution in [3.8, 4) is 6.07 Å². The number of sulfonamides is 1.